The van der Waals surface area contributed by atoms with E-state index in [9.17, 15) is 0 Å². The van der Waals surface area contributed by atoms with Gasteiger partial charge in [-0.1, -0.05) is 44.0 Å². The van der Waals surface area contributed by atoms with Gasteiger partial charge in [-0.25, -0.2) is 0 Å². The third-order valence-electron chi connectivity index (χ3n) is 4.18. The number of nitrogens with one attached hydrogen (secondary N) is 1. The monoisotopic (exact) mass is 260 g/mol. The van der Waals surface area contributed by atoms with E-state index in [0.29, 0.717) is 0 Å². The Morgan fingerprint density at radius 1 is 1.11 bits per heavy atom. The van der Waals surface area contributed by atoms with Gasteiger partial charge in [0.15, 0.2) is 0 Å². The maximum atomic E-state index is 3.37. The Labute approximate surface area is 118 Å². The highest BCUT2D eigenvalue weighted by Gasteiger charge is 2.16. The predicted octanol–water partition coefficient (Wildman–Crippen LogP) is 3.56. The van der Waals surface area contributed by atoms with Gasteiger partial charge in [0, 0.05) is 19.1 Å². The minimum atomic E-state index is 0.740. The van der Waals surface area contributed by atoms with Crippen molar-refractivity contribution in [3.05, 3.63) is 35.4 Å². The van der Waals surface area contributed by atoms with Crippen LogP contribution in [0.25, 0.3) is 0 Å². The molecule has 0 aliphatic carbocycles. The van der Waals surface area contributed by atoms with Crippen LogP contribution >= 0.6 is 0 Å². The summed E-state index contributed by atoms with van der Waals surface area (Å²) in [5.41, 5.74) is 2.84. The zero-order valence-corrected chi connectivity index (χ0v) is 12.5. The molecule has 19 heavy (non-hydrogen) atoms. The van der Waals surface area contributed by atoms with Crippen molar-refractivity contribution in [1.29, 1.82) is 0 Å². The van der Waals surface area contributed by atoms with Crippen LogP contribution in [0.15, 0.2) is 24.3 Å². The van der Waals surface area contributed by atoms with Crippen molar-refractivity contribution < 1.29 is 0 Å². The predicted molar refractivity (Wildman–Crippen MR) is 82.2 cm³/mol. The average Bonchev–Trinajstić information content (AvgIpc) is 2.63. The second-order valence-corrected chi connectivity index (χ2v) is 5.77. The molecule has 1 aliphatic heterocycles. The summed E-state index contributed by atoms with van der Waals surface area (Å²) in [7, 11) is 0. The van der Waals surface area contributed by atoms with Crippen LogP contribution in [0.2, 0.25) is 0 Å². The van der Waals surface area contributed by atoms with Gasteiger partial charge in [0.2, 0.25) is 0 Å². The molecule has 1 saturated heterocycles. The Kier molecular flexibility index (Phi) is 5.87. The zero-order valence-electron chi connectivity index (χ0n) is 12.5. The second-order valence-electron chi connectivity index (χ2n) is 5.77. The first kappa shape index (κ1) is 14.5. The van der Waals surface area contributed by atoms with Gasteiger partial charge in [0.25, 0.3) is 0 Å². The van der Waals surface area contributed by atoms with Crippen molar-refractivity contribution in [3.63, 3.8) is 0 Å². The van der Waals surface area contributed by atoms with E-state index in [1.807, 2.05) is 0 Å². The highest BCUT2D eigenvalue weighted by Crippen LogP contribution is 2.19. The van der Waals surface area contributed by atoms with E-state index < -0.39 is 0 Å². The summed E-state index contributed by atoms with van der Waals surface area (Å²) in [6.45, 7) is 8.92. The maximum absolute atomic E-state index is 3.37. The molecule has 0 bridgehead atoms. The molecule has 1 N–H and O–H groups in total. The summed E-state index contributed by atoms with van der Waals surface area (Å²) in [4.78, 5) is 2.65. The van der Waals surface area contributed by atoms with Gasteiger partial charge >= 0.3 is 0 Å². The van der Waals surface area contributed by atoms with Crippen molar-refractivity contribution >= 4 is 0 Å². The summed E-state index contributed by atoms with van der Waals surface area (Å²) >= 11 is 0. The summed E-state index contributed by atoms with van der Waals surface area (Å²) in [6.07, 6.45) is 5.53. The van der Waals surface area contributed by atoms with Crippen LogP contribution < -0.4 is 5.32 Å². The minimum Gasteiger partial charge on any atom is -0.313 e. The molecule has 0 radical (unpaired) electrons. The topological polar surface area (TPSA) is 15.3 Å². The molecule has 0 spiro atoms. The molecule has 106 valence electrons. The minimum absolute atomic E-state index is 0.740. The van der Waals surface area contributed by atoms with Crippen LogP contribution in [0.3, 0.4) is 0 Å². The first-order chi connectivity index (χ1) is 9.29. The first-order valence-electron chi connectivity index (χ1n) is 7.82. The van der Waals surface area contributed by atoms with Crippen molar-refractivity contribution in [2.45, 2.75) is 58.7 Å². The molecule has 0 amide bonds. The molecule has 1 heterocycles. The first-order valence-corrected chi connectivity index (χ1v) is 7.82. The lowest BCUT2D eigenvalue weighted by atomic mass is 10.1. The number of likely N-dealkylation sites (tertiary alicyclic amines) is 1. The number of benzene rings is 1. The number of nitrogens with zero attached hydrogens (tertiary/aromatic N) is 1. The van der Waals surface area contributed by atoms with E-state index in [2.05, 4.69) is 48.3 Å². The molecule has 1 unspecified atom stereocenters. The highest BCUT2D eigenvalue weighted by molar-refractivity contribution is 5.22. The van der Waals surface area contributed by atoms with Crippen LogP contribution in [0.5, 0.6) is 0 Å². The van der Waals surface area contributed by atoms with Gasteiger partial charge in [-0.3, -0.25) is 4.90 Å². The molecule has 0 saturated carbocycles. The molecule has 1 aromatic carbocycles. The summed E-state index contributed by atoms with van der Waals surface area (Å²) in [6, 6.07) is 9.86. The number of hydrogen-bond acceptors (Lipinski definition) is 2. The van der Waals surface area contributed by atoms with Crippen LogP contribution in [0, 0.1) is 0 Å². The largest absolute Gasteiger partial charge is 0.313 e. The SMILES string of the molecule is CCNCc1ccc(CN2CCCCCC2C)cc1. The van der Waals surface area contributed by atoms with Crippen LogP contribution in [0.4, 0.5) is 0 Å². The lowest BCUT2D eigenvalue weighted by molar-refractivity contribution is 0.205. The Morgan fingerprint density at radius 2 is 1.84 bits per heavy atom. The Hall–Kier alpha value is -0.860. The van der Waals surface area contributed by atoms with Crippen LogP contribution in [-0.4, -0.2) is 24.0 Å². The molecule has 2 rings (SSSR count). The molecule has 1 atom stereocenters. The van der Waals surface area contributed by atoms with Crippen LogP contribution in [0.1, 0.15) is 50.7 Å². The van der Waals surface area contributed by atoms with Crippen molar-refractivity contribution in [2.75, 3.05) is 13.1 Å². The van der Waals surface area contributed by atoms with Gasteiger partial charge in [0.1, 0.15) is 0 Å². The molecular weight excluding hydrogens is 232 g/mol. The lowest BCUT2D eigenvalue weighted by Gasteiger charge is -2.27. The Bertz CT molecular complexity index is 358. The average molecular weight is 260 g/mol. The number of hydrogen-bond donors (Lipinski definition) is 1. The quantitative estimate of drug-likeness (QED) is 0.871. The van der Waals surface area contributed by atoms with Gasteiger partial charge in [-0.15, -0.1) is 0 Å². The molecular formula is C17H28N2. The fraction of sp³-hybridized carbons (Fsp3) is 0.647. The third kappa shape index (κ3) is 4.63. The van der Waals surface area contributed by atoms with Gasteiger partial charge in [0.05, 0.1) is 0 Å². The van der Waals surface area contributed by atoms with Gasteiger partial charge in [-0.05, 0) is 44.0 Å². The Balaban J connectivity index is 1.90. The molecule has 1 aliphatic rings. The highest BCUT2D eigenvalue weighted by atomic mass is 15.1. The summed E-state index contributed by atoms with van der Waals surface area (Å²) in [5.74, 6) is 0. The molecule has 2 heteroatoms. The van der Waals surface area contributed by atoms with E-state index in [1.54, 1.807) is 0 Å². The molecule has 2 nitrogen and oxygen atoms in total. The standard InChI is InChI=1S/C17H28N2/c1-3-18-13-16-8-10-17(11-9-16)14-19-12-6-4-5-7-15(19)2/h8-11,15,18H,3-7,12-14H2,1-2H3. The molecule has 1 fully saturated rings. The van der Waals surface area contributed by atoms with E-state index in [0.717, 1.165) is 25.7 Å². The maximum Gasteiger partial charge on any atom is 0.0236 e. The third-order valence-corrected chi connectivity index (χ3v) is 4.18. The summed E-state index contributed by atoms with van der Waals surface area (Å²) in [5, 5.41) is 3.37. The van der Waals surface area contributed by atoms with E-state index in [4.69, 9.17) is 0 Å². The summed E-state index contributed by atoms with van der Waals surface area (Å²) < 4.78 is 0. The molecule has 0 aromatic heterocycles. The smallest absolute Gasteiger partial charge is 0.0236 e. The zero-order chi connectivity index (χ0) is 13.5. The van der Waals surface area contributed by atoms with E-state index in [-0.39, 0.29) is 0 Å². The van der Waals surface area contributed by atoms with Crippen molar-refractivity contribution in [2.24, 2.45) is 0 Å². The number of rotatable bonds is 5. The normalized spacial score (nSPS) is 21.3. The van der Waals surface area contributed by atoms with Gasteiger partial charge < -0.3 is 5.32 Å². The molecule has 1 aromatic rings. The van der Waals surface area contributed by atoms with E-state index in [1.165, 1.54) is 43.4 Å². The van der Waals surface area contributed by atoms with Crippen molar-refractivity contribution in [3.8, 4) is 0 Å². The van der Waals surface area contributed by atoms with Gasteiger partial charge in [-0.2, -0.15) is 0 Å². The fourth-order valence-electron chi connectivity index (χ4n) is 2.84. The fourth-order valence-corrected chi connectivity index (χ4v) is 2.84. The van der Waals surface area contributed by atoms with Crippen LogP contribution in [-0.2, 0) is 13.1 Å². The van der Waals surface area contributed by atoms with Crippen molar-refractivity contribution in [1.82, 2.24) is 10.2 Å². The Morgan fingerprint density at radius 3 is 2.58 bits per heavy atom. The van der Waals surface area contributed by atoms with E-state index >= 15 is 0 Å². The lowest BCUT2D eigenvalue weighted by Crippen LogP contribution is -2.31. The second kappa shape index (κ2) is 7.66.